The fraction of sp³-hybridized carbons (Fsp3) is 0.304. The maximum absolute atomic E-state index is 13.1. The van der Waals surface area contributed by atoms with Crippen molar-refractivity contribution in [2.75, 3.05) is 5.32 Å². The average Bonchev–Trinajstić information content (AvgIpc) is 3.09. The number of amides is 2. The van der Waals surface area contributed by atoms with E-state index in [1.54, 1.807) is 4.90 Å². The molecule has 2 atom stereocenters. The molecule has 2 aromatic carbocycles. The third-order valence-corrected chi connectivity index (χ3v) is 6.38. The van der Waals surface area contributed by atoms with Gasteiger partial charge in [0, 0.05) is 11.3 Å². The van der Waals surface area contributed by atoms with E-state index in [9.17, 15) is 9.59 Å². The summed E-state index contributed by atoms with van der Waals surface area (Å²) in [6.07, 6.45) is 2.18. The van der Waals surface area contributed by atoms with Gasteiger partial charge in [0.15, 0.2) is 5.17 Å². The molecule has 0 fully saturated rings. The highest BCUT2D eigenvalue weighted by Crippen LogP contribution is 2.35. The summed E-state index contributed by atoms with van der Waals surface area (Å²) >= 11 is 1.32. The van der Waals surface area contributed by atoms with Crippen LogP contribution in [0.2, 0.25) is 0 Å². The lowest BCUT2D eigenvalue weighted by atomic mass is 10.1. The molecule has 7 heteroatoms. The van der Waals surface area contributed by atoms with Crippen LogP contribution in [0, 0.1) is 0 Å². The summed E-state index contributed by atoms with van der Waals surface area (Å²) < 4.78 is 0. The molecule has 4 rings (SSSR count). The number of anilines is 1. The molecule has 0 unspecified atom stereocenters. The number of fused-ring (bicyclic) bond motifs is 3. The van der Waals surface area contributed by atoms with Gasteiger partial charge < -0.3 is 5.32 Å². The number of carbonyl (C=O) groups is 2. The van der Waals surface area contributed by atoms with Crippen molar-refractivity contribution in [3.8, 4) is 0 Å². The Bertz CT molecular complexity index is 1020. The monoisotopic (exact) mass is 420 g/mol. The van der Waals surface area contributed by atoms with Crippen molar-refractivity contribution in [1.29, 1.82) is 0 Å². The Labute approximate surface area is 180 Å². The van der Waals surface area contributed by atoms with Gasteiger partial charge >= 0.3 is 0 Å². The van der Waals surface area contributed by atoms with Crippen LogP contribution in [-0.2, 0) is 9.59 Å². The molecule has 2 amide bonds. The molecule has 0 spiro atoms. The Balaban J connectivity index is 1.62. The molecule has 2 aromatic rings. The van der Waals surface area contributed by atoms with Gasteiger partial charge in [-0.25, -0.2) is 9.89 Å². The molecule has 0 bridgehead atoms. The first-order chi connectivity index (χ1) is 14.6. The lowest BCUT2D eigenvalue weighted by molar-refractivity contribution is -0.124. The highest BCUT2D eigenvalue weighted by molar-refractivity contribution is 8.15. The van der Waals surface area contributed by atoms with Gasteiger partial charge in [0.25, 0.3) is 5.91 Å². The Hall–Kier alpha value is -2.93. The Morgan fingerprint density at radius 3 is 2.60 bits per heavy atom. The van der Waals surface area contributed by atoms with Crippen LogP contribution in [0.4, 0.5) is 11.4 Å². The zero-order valence-corrected chi connectivity index (χ0v) is 17.9. The standard InChI is InChI=1S/C23H24N4O2S/c1-3-10-18-22(29)27-20(25-18)16-13-8-9-14-17(16)26-23(27)30-19(4-2)21(28)24-15-11-6-5-7-12-15/h5-9,11-14,18-19H,3-4,10H2,1-2H3,(H,24,28)/t18-,19-/m0/s1. The summed E-state index contributed by atoms with van der Waals surface area (Å²) in [5.41, 5.74) is 2.38. The Kier molecular flexibility index (Phi) is 5.99. The van der Waals surface area contributed by atoms with Crippen molar-refractivity contribution in [2.45, 2.75) is 44.4 Å². The van der Waals surface area contributed by atoms with E-state index in [1.165, 1.54) is 11.8 Å². The van der Waals surface area contributed by atoms with Gasteiger partial charge in [0.1, 0.15) is 11.9 Å². The van der Waals surface area contributed by atoms with Gasteiger partial charge in [0.2, 0.25) is 5.91 Å². The van der Waals surface area contributed by atoms with E-state index in [1.807, 2.05) is 68.4 Å². The van der Waals surface area contributed by atoms with Crippen molar-refractivity contribution in [3.63, 3.8) is 0 Å². The first kappa shape index (κ1) is 20.3. The van der Waals surface area contributed by atoms with Crippen LogP contribution >= 0.6 is 11.8 Å². The van der Waals surface area contributed by atoms with Crippen LogP contribution in [-0.4, -0.2) is 39.0 Å². The van der Waals surface area contributed by atoms with Gasteiger partial charge in [-0.1, -0.05) is 62.4 Å². The molecule has 2 heterocycles. The van der Waals surface area contributed by atoms with Crippen molar-refractivity contribution in [1.82, 2.24) is 4.90 Å². The third kappa shape index (κ3) is 3.89. The van der Waals surface area contributed by atoms with E-state index in [2.05, 4.69) is 5.32 Å². The van der Waals surface area contributed by atoms with Crippen LogP contribution in [0.25, 0.3) is 0 Å². The molecule has 6 nitrogen and oxygen atoms in total. The quantitative estimate of drug-likeness (QED) is 0.742. The smallest absolute Gasteiger partial charge is 0.259 e. The second-order valence-electron chi connectivity index (χ2n) is 7.21. The number of benzene rings is 2. The lowest BCUT2D eigenvalue weighted by Gasteiger charge is -2.27. The topological polar surface area (TPSA) is 74.1 Å². The van der Waals surface area contributed by atoms with E-state index in [4.69, 9.17) is 9.98 Å². The van der Waals surface area contributed by atoms with Crippen LogP contribution in [0.3, 0.4) is 0 Å². The molecule has 0 radical (unpaired) electrons. The van der Waals surface area contributed by atoms with E-state index in [0.29, 0.717) is 23.8 Å². The highest BCUT2D eigenvalue weighted by Gasteiger charge is 2.41. The molecule has 2 aliphatic rings. The summed E-state index contributed by atoms with van der Waals surface area (Å²) in [4.78, 5) is 37.0. The summed E-state index contributed by atoms with van der Waals surface area (Å²) in [5, 5.41) is 3.09. The molecule has 0 saturated heterocycles. The number of carbonyl (C=O) groups excluding carboxylic acids is 2. The van der Waals surface area contributed by atoms with Crippen molar-refractivity contribution in [3.05, 3.63) is 60.2 Å². The predicted molar refractivity (Wildman–Crippen MR) is 122 cm³/mol. The zero-order valence-electron chi connectivity index (χ0n) is 17.0. The fourth-order valence-electron chi connectivity index (χ4n) is 3.54. The number of hydrogen-bond acceptors (Lipinski definition) is 5. The molecule has 154 valence electrons. The van der Waals surface area contributed by atoms with Crippen molar-refractivity contribution < 1.29 is 9.59 Å². The zero-order chi connectivity index (χ0) is 21.1. The van der Waals surface area contributed by atoms with E-state index in [0.717, 1.165) is 23.4 Å². The second kappa shape index (κ2) is 8.83. The number of aliphatic imine (C=N–C) groups is 2. The number of nitrogens with zero attached hydrogens (tertiary/aromatic N) is 3. The third-order valence-electron chi connectivity index (χ3n) is 5.06. The molecule has 0 aliphatic carbocycles. The van der Waals surface area contributed by atoms with Gasteiger partial charge in [-0.15, -0.1) is 0 Å². The maximum atomic E-state index is 13.1. The molecule has 30 heavy (non-hydrogen) atoms. The summed E-state index contributed by atoms with van der Waals surface area (Å²) in [7, 11) is 0. The molecule has 1 N–H and O–H groups in total. The van der Waals surface area contributed by atoms with Crippen LogP contribution in [0.5, 0.6) is 0 Å². The number of hydrogen-bond donors (Lipinski definition) is 1. The van der Waals surface area contributed by atoms with Gasteiger partial charge in [-0.3, -0.25) is 14.6 Å². The summed E-state index contributed by atoms with van der Waals surface area (Å²) in [6, 6.07) is 16.7. The molecule has 2 aliphatic heterocycles. The molecule has 0 saturated carbocycles. The van der Waals surface area contributed by atoms with Crippen LogP contribution in [0.15, 0.2) is 64.6 Å². The normalized spacial score (nSPS) is 18.3. The molecule has 0 aromatic heterocycles. The first-order valence-corrected chi connectivity index (χ1v) is 11.1. The minimum atomic E-state index is -0.389. The van der Waals surface area contributed by atoms with E-state index >= 15 is 0 Å². The number of para-hydroxylation sites is 2. The van der Waals surface area contributed by atoms with Gasteiger partial charge in [-0.2, -0.15) is 0 Å². The number of rotatable bonds is 6. The Morgan fingerprint density at radius 1 is 1.13 bits per heavy atom. The summed E-state index contributed by atoms with van der Waals surface area (Å²) in [6.45, 7) is 4.00. The van der Waals surface area contributed by atoms with Crippen LogP contribution in [0.1, 0.15) is 38.7 Å². The number of amidine groups is 2. The Morgan fingerprint density at radius 2 is 1.87 bits per heavy atom. The van der Waals surface area contributed by atoms with Gasteiger partial charge in [0.05, 0.1) is 10.9 Å². The van der Waals surface area contributed by atoms with Gasteiger partial charge in [-0.05, 0) is 37.1 Å². The SMILES string of the molecule is CCC[C@@H]1N=C2c3ccccc3N=C(S[C@@H](CC)C(=O)Nc3ccccc3)N2C1=O. The second-order valence-corrected chi connectivity index (χ2v) is 8.38. The highest BCUT2D eigenvalue weighted by atomic mass is 32.2. The lowest BCUT2D eigenvalue weighted by Crippen LogP contribution is -2.42. The van der Waals surface area contributed by atoms with Crippen LogP contribution < -0.4 is 5.32 Å². The minimum Gasteiger partial charge on any atom is -0.325 e. The molecular formula is C23H24N4O2S. The number of thioether (sulfide) groups is 1. The van der Waals surface area contributed by atoms with E-state index < -0.39 is 0 Å². The number of nitrogens with one attached hydrogen (secondary N) is 1. The predicted octanol–water partition coefficient (Wildman–Crippen LogP) is 4.60. The molecular weight excluding hydrogens is 396 g/mol. The van der Waals surface area contributed by atoms with E-state index in [-0.39, 0.29) is 23.1 Å². The average molecular weight is 421 g/mol. The largest absolute Gasteiger partial charge is 0.325 e. The summed E-state index contributed by atoms with van der Waals surface area (Å²) in [5.74, 6) is 0.473. The van der Waals surface area contributed by atoms with Crippen molar-refractivity contribution in [2.24, 2.45) is 9.98 Å². The maximum Gasteiger partial charge on any atom is 0.259 e. The van der Waals surface area contributed by atoms with Crippen molar-refractivity contribution >= 4 is 46.0 Å². The fourth-order valence-corrected chi connectivity index (χ4v) is 4.56. The minimum absolute atomic E-state index is 0.0640. The first-order valence-electron chi connectivity index (χ1n) is 10.2.